The van der Waals surface area contributed by atoms with E-state index in [0.29, 0.717) is 49.5 Å². The maximum absolute atomic E-state index is 12.5. The van der Waals surface area contributed by atoms with Gasteiger partial charge in [0.1, 0.15) is 0 Å². The number of methoxy groups -OCH3 is 1. The number of carbonyl (C=O) groups is 4. The normalized spacial score (nSPS) is 15.4. The molecule has 9 nitrogen and oxygen atoms in total. The van der Waals surface area contributed by atoms with Crippen LogP contribution in [0.4, 0.5) is 11.4 Å². The zero-order valence-corrected chi connectivity index (χ0v) is 18.3. The zero-order chi connectivity index (χ0) is 23.4. The van der Waals surface area contributed by atoms with Crippen LogP contribution >= 0.6 is 0 Å². The Morgan fingerprint density at radius 3 is 2.33 bits per heavy atom. The molecule has 0 aromatic heterocycles. The van der Waals surface area contributed by atoms with Crippen molar-refractivity contribution in [3.05, 3.63) is 59.2 Å². The summed E-state index contributed by atoms with van der Waals surface area (Å²) in [5.41, 5.74) is 2.23. The third-order valence-corrected chi connectivity index (χ3v) is 5.72. The largest absolute Gasteiger partial charge is 0.465 e. The van der Waals surface area contributed by atoms with Crippen molar-refractivity contribution in [1.82, 2.24) is 4.90 Å². The molecular weight excluding hydrogens is 426 g/mol. The summed E-state index contributed by atoms with van der Waals surface area (Å²) >= 11 is 0. The lowest BCUT2D eigenvalue weighted by Crippen LogP contribution is -2.36. The Bertz CT molecular complexity index is 1060. The molecule has 0 spiro atoms. The highest BCUT2D eigenvalue weighted by Gasteiger charge is 2.34. The van der Waals surface area contributed by atoms with E-state index in [4.69, 9.17) is 9.47 Å². The Hall–Kier alpha value is -3.72. The van der Waals surface area contributed by atoms with Crippen molar-refractivity contribution in [3.63, 3.8) is 0 Å². The van der Waals surface area contributed by atoms with Gasteiger partial charge in [0.25, 0.3) is 11.8 Å². The lowest BCUT2D eigenvalue weighted by Gasteiger charge is -2.29. The summed E-state index contributed by atoms with van der Waals surface area (Å²) in [5, 5.41) is 2.75. The highest BCUT2D eigenvalue weighted by molar-refractivity contribution is 6.21. The van der Waals surface area contributed by atoms with Crippen LogP contribution in [0.15, 0.2) is 42.5 Å². The number of anilines is 2. The first-order valence-electron chi connectivity index (χ1n) is 10.8. The van der Waals surface area contributed by atoms with E-state index in [1.807, 2.05) is 6.07 Å². The molecule has 1 N–H and O–H groups in total. The molecule has 2 aliphatic rings. The van der Waals surface area contributed by atoms with Gasteiger partial charge in [-0.1, -0.05) is 12.1 Å². The summed E-state index contributed by atoms with van der Waals surface area (Å²) in [6.45, 7) is 2.78. The predicted octanol–water partition coefficient (Wildman–Crippen LogP) is 2.32. The fourth-order valence-corrected chi connectivity index (χ4v) is 3.99. The minimum atomic E-state index is -0.550. The minimum Gasteiger partial charge on any atom is -0.465 e. The van der Waals surface area contributed by atoms with Gasteiger partial charge in [0.05, 0.1) is 42.7 Å². The number of ether oxygens (including phenoxy) is 2. The Balaban J connectivity index is 1.37. The van der Waals surface area contributed by atoms with Gasteiger partial charge in [-0.05, 0) is 36.8 Å². The number of carbonyl (C=O) groups excluding carboxylic acids is 4. The van der Waals surface area contributed by atoms with Gasteiger partial charge in [0.15, 0.2) is 0 Å². The van der Waals surface area contributed by atoms with E-state index in [-0.39, 0.29) is 36.3 Å². The van der Waals surface area contributed by atoms with E-state index in [9.17, 15) is 19.2 Å². The molecule has 2 aromatic rings. The van der Waals surface area contributed by atoms with Gasteiger partial charge in [-0.15, -0.1) is 0 Å². The number of nitrogens with one attached hydrogen (secondary N) is 1. The van der Waals surface area contributed by atoms with E-state index in [1.54, 1.807) is 36.4 Å². The second-order valence-corrected chi connectivity index (χ2v) is 7.78. The average molecular weight is 451 g/mol. The van der Waals surface area contributed by atoms with Crippen LogP contribution in [0.25, 0.3) is 0 Å². The van der Waals surface area contributed by atoms with Crippen molar-refractivity contribution in [3.8, 4) is 0 Å². The third-order valence-electron chi connectivity index (χ3n) is 5.72. The quantitative estimate of drug-likeness (QED) is 0.509. The predicted molar refractivity (Wildman–Crippen MR) is 120 cm³/mol. The first-order chi connectivity index (χ1) is 16.0. The molecule has 0 saturated carbocycles. The van der Waals surface area contributed by atoms with Crippen LogP contribution < -0.4 is 10.2 Å². The summed E-state index contributed by atoms with van der Waals surface area (Å²) < 4.78 is 10.3. The Morgan fingerprint density at radius 2 is 1.70 bits per heavy atom. The van der Waals surface area contributed by atoms with Crippen LogP contribution in [0.3, 0.4) is 0 Å². The number of fused-ring (bicyclic) bond motifs is 1. The number of hydrogen-bond donors (Lipinski definition) is 1. The lowest BCUT2D eigenvalue weighted by molar-refractivity contribution is -0.116. The van der Waals surface area contributed by atoms with Gasteiger partial charge in [-0.2, -0.15) is 0 Å². The van der Waals surface area contributed by atoms with Crippen LogP contribution in [0.2, 0.25) is 0 Å². The van der Waals surface area contributed by atoms with Gasteiger partial charge in [-0.3, -0.25) is 19.3 Å². The van der Waals surface area contributed by atoms with Gasteiger partial charge in [0.2, 0.25) is 5.91 Å². The number of morpholine rings is 1. The van der Waals surface area contributed by atoms with Crippen LogP contribution in [-0.2, 0) is 14.3 Å². The van der Waals surface area contributed by atoms with Crippen molar-refractivity contribution in [2.75, 3.05) is 50.2 Å². The first kappa shape index (κ1) is 22.5. The standard InChI is InChI=1S/C24H25N3O6/c1-32-24(31)19-15-16(26-11-13-33-14-12-26)8-9-20(19)25-21(28)7-4-10-27-22(29)17-5-2-3-6-18(17)23(27)30/h2-3,5-6,8-9,15H,4,7,10-14H2,1H3,(H,25,28). The third kappa shape index (κ3) is 4.73. The SMILES string of the molecule is COC(=O)c1cc(N2CCOCC2)ccc1NC(=O)CCCN1C(=O)c2ccccc2C1=O. The molecule has 33 heavy (non-hydrogen) atoms. The number of imide groups is 1. The second-order valence-electron chi connectivity index (χ2n) is 7.78. The van der Waals surface area contributed by atoms with E-state index in [0.717, 1.165) is 10.6 Å². The molecule has 9 heteroatoms. The van der Waals surface area contributed by atoms with Crippen LogP contribution in [0.1, 0.15) is 43.9 Å². The first-order valence-corrected chi connectivity index (χ1v) is 10.8. The molecule has 1 fully saturated rings. The number of benzene rings is 2. The number of esters is 1. The van der Waals surface area contributed by atoms with Crippen molar-refractivity contribution in [2.45, 2.75) is 12.8 Å². The van der Waals surface area contributed by atoms with Crippen molar-refractivity contribution >= 4 is 35.1 Å². The van der Waals surface area contributed by atoms with Gasteiger partial charge in [0, 0.05) is 31.7 Å². The summed E-state index contributed by atoms with van der Waals surface area (Å²) in [6.07, 6.45) is 0.385. The van der Waals surface area contributed by atoms with E-state index >= 15 is 0 Å². The topological polar surface area (TPSA) is 105 Å². The molecular formula is C24H25N3O6. The average Bonchev–Trinajstić information content (AvgIpc) is 3.09. The summed E-state index contributed by atoms with van der Waals surface area (Å²) in [6, 6.07) is 11.9. The monoisotopic (exact) mass is 451 g/mol. The van der Waals surface area contributed by atoms with Crippen LogP contribution in [-0.4, -0.2) is 68.5 Å². The molecule has 0 bridgehead atoms. The Kier molecular flexibility index (Phi) is 6.69. The van der Waals surface area contributed by atoms with Crippen LogP contribution in [0, 0.1) is 0 Å². The Morgan fingerprint density at radius 1 is 1.03 bits per heavy atom. The zero-order valence-electron chi connectivity index (χ0n) is 18.3. The molecule has 4 rings (SSSR count). The second kappa shape index (κ2) is 9.83. The maximum Gasteiger partial charge on any atom is 0.340 e. The van der Waals surface area contributed by atoms with Crippen molar-refractivity contribution < 1.29 is 28.7 Å². The van der Waals surface area contributed by atoms with E-state index in [1.165, 1.54) is 7.11 Å². The van der Waals surface area contributed by atoms with E-state index < -0.39 is 5.97 Å². The fourth-order valence-electron chi connectivity index (χ4n) is 3.99. The van der Waals surface area contributed by atoms with Crippen LogP contribution in [0.5, 0.6) is 0 Å². The summed E-state index contributed by atoms with van der Waals surface area (Å²) in [4.78, 5) is 53.0. The Labute approximate surface area is 191 Å². The van der Waals surface area contributed by atoms with Crippen molar-refractivity contribution in [1.29, 1.82) is 0 Å². The molecule has 0 aliphatic carbocycles. The number of nitrogens with zero attached hydrogens (tertiary/aromatic N) is 2. The highest BCUT2D eigenvalue weighted by atomic mass is 16.5. The van der Waals surface area contributed by atoms with Crippen molar-refractivity contribution in [2.24, 2.45) is 0 Å². The van der Waals surface area contributed by atoms with Gasteiger partial charge >= 0.3 is 5.97 Å². The lowest BCUT2D eigenvalue weighted by atomic mass is 10.1. The summed E-state index contributed by atoms with van der Waals surface area (Å²) in [5.74, 6) is -1.56. The number of hydrogen-bond acceptors (Lipinski definition) is 7. The highest BCUT2D eigenvalue weighted by Crippen LogP contribution is 2.26. The van der Waals surface area contributed by atoms with E-state index in [2.05, 4.69) is 10.2 Å². The molecule has 172 valence electrons. The number of amides is 3. The van der Waals surface area contributed by atoms with Gasteiger partial charge in [-0.25, -0.2) is 4.79 Å². The maximum atomic E-state index is 12.5. The molecule has 0 unspecified atom stereocenters. The fraction of sp³-hybridized carbons (Fsp3) is 0.333. The molecule has 2 heterocycles. The number of rotatable bonds is 7. The molecule has 3 amide bonds. The molecule has 2 aromatic carbocycles. The minimum absolute atomic E-state index is 0.0826. The molecule has 0 radical (unpaired) electrons. The smallest absolute Gasteiger partial charge is 0.340 e. The molecule has 1 saturated heterocycles. The summed E-state index contributed by atoms with van der Waals surface area (Å²) in [7, 11) is 1.29. The van der Waals surface area contributed by atoms with Gasteiger partial charge < -0.3 is 19.7 Å². The molecule has 2 aliphatic heterocycles. The molecule has 0 atom stereocenters.